The summed E-state index contributed by atoms with van der Waals surface area (Å²) in [6.07, 6.45) is 3.59. The van der Waals surface area contributed by atoms with Gasteiger partial charge in [-0.15, -0.1) is 0 Å². The lowest BCUT2D eigenvalue weighted by Crippen LogP contribution is -2.35. The number of benzene rings is 1. The van der Waals surface area contributed by atoms with Crippen molar-refractivity contribution in [2.45, 2.75) is 58.5 Å². The van der Waals surface area contributed by atoms with Crippen LogP contribution in [0.5, 0.6) is 5.75 Å². The molecule has 1 aromatic carbocycles. The molecule has 1 amide bonds. The summed E-state index contributed by atoms with van der Waals surface area (Å²) in [7, 11) is 1.68. The molecule has 22 heavy (non-hydrogen) atoms. The average molecular weight is 306 g/mol. The predicted molar refractivity (Wildman–Crippen MR) is 91.3 cm³/mol. The van der Waals surface area contributed by atoms with Crippen molar-refractivity contribution in [3.05, 3.63) is 29.8 Å². The van der Waals surface area contributed by atoms with Crippen molar-refractivity contribution in [2.24, 2.45) is 0 Å². The average Bonchev–Trinajstić information content (AvgIpc) is 2.53. The molecule has 2 unspecified atom stereocenters. The molecule has 1 aromatic rings. The second-order valence-corrected chi connectivity index (χ2v) is 5.87. The summed E-state index contributed by atoms with van der Waals surface area (Å²) in [4.78, 5) is 11.7. The fourth-order valence-corrected chi connectivity index (χ4v) is 2.16. The Morgan fingerprint density at radius 1 is 1.18 bits per heavy atom. The van der Waals surface area contributed by atoms with E-state index in [1.807, 2.05) is 19.1 Å². The van der Waals surface area contributed by atoms with Gasteiger partial charge in [-0.1, -0.05) is 19.1 Å². The normalized spacial score (nSPS) is 13.5. The second-order valence-electron chi connectivity index (χ2n) is 5.87. The van der Waals surface area contributed by atoms with Gasteiger partial charge >= 0.3 is 0 Å². The topological polar surface area (TPSA) is 50.4 Å². The monoisotopic (exact) mass is 306 g/mol. The van der Waals surface area contributed by atoms with Crippen molar-refractivity contribution in [2.75, 3.05) is 13.7 Å². The van der Waals surface area contributed by atoms with Crippen LogP contribution in [0.25, 0.3) is 0 Å². The molecule has 0 heterocycles. The Labute approximate surface area is 134 Å². The van der Waals surface area contributed by atoms with Gasteiger partial charge in [0.2, 0.25) is 5.91 Å². The zero-order valence-corrected chi connectivity index (χ0v) is 14.3. The van der Waals surface area contributed by atoms with Crippen molar-refractivity contribution in [1.82, 2.24) is 10.6 Å². The zero-order chi connectivity index (χ0) is 16.4. The molecule has 0 bridgehead atoms. The Hall–Kier alpha value is -1.55. The number of rotatable bonds is 10. The lowest BCUT2D eigenvalue weighted by Gasteiger charge is -2.15. The van der Waals surface area contributed by atoms with Gasteiger partial charge in [0.1, 0.15) is 5.75 Å². The molecule has 0 aromatic heterocycles. The molecular weight excluding hydrogens is 276 g/mol. The van der Waals surface area contributed by atoms with Gasteiger partial charge in [0, 0.05) is 25.0 Å². The molecule has 4 nitrogen and oxygen atoms in total. The van der Waals surface area contributed by atoms with Gasteiger partial charge in [0.15, 0.2) is 0 Å². The van der Waals surface area contributed by atoms with Crippen molar-refractivity contribution in [1.29, 1.82) is 0 Å². The smallest absolute Gasteiger partial charge is 0.221 e. The number of methoxy groups -OCH3 is 1. The standard InChI is InChI=1S/C18H30N2O2/c1-5-14(2)20-18(21)12-13-19-15(3)6-7-16-8-10-17(22-4)11-9-16/h8-11,14-15,19H,5-7,12-13H2,1-4H3,(H,20,21). The van der Waals surface area contributed by atoms with Gasteiger partial charge in [-0.05, 0) is 50.8 Å². The highest BCUT2D eigenvalue weighted by Crippen LogP contribution is 2.13. The third-order valence-corrected chi connectivity index (χ3v) is 3.89. The Balaban J connectivity index is 2.17. The lowest BCUT2D eigenvalue weighted by molar-refractivity contribution is -0.121. The number of aryl methyl sites for hydroxylation is 1. The molecule has 2 N–H and O–H groups in total. The summed E-state index contributed by atoms with van der Waals surface area (Å²) in [5, 5.41) is 6.39. The summed E-state index contributed by atoms with van der Waals surface area (Å²) in [6.45, 7) is 7.00. The predicted octanol–water partition coefficient (Wildman–Crippen LogP) is 2.91. The highest BCUT2D eigenvalue weighted by molar-refractivity contribution is 5.76. The van der Waals surface area contributed by atoms with E-state index in [1.54, 1.807) is 7.11 Å². The van der Waals surface area contributed by atoms with Crippen LogP contribution in [0.2, 0.25) is 0 Å². The number of carbonyl (C=O) groups is 1. The number of hydrogen-bond acceptors (Lipinski definition) is 3. The van der Waals surface area contributed by atoms with E-state index >= 15 is 0 Å². The first kappa shape index (κ1) is 18.5. The zero-order valence-electron chi connectivity index (χ0n) is 14.3. The summed E-state index contributed by atoms with van der Waals surface area (Å²) >= 11 is 0. The van der Waals surface area contributed by atoms with E-state index in [1.165, 1.54) is 5.56 Å². The van der Waals surface area contributed by atoms with Crippen LogP contribution in [0.4, 0.5) is 0 Å². The Kier molecular flexibility index (Phi) is 8.60. The van der Waals surface area contributed by atoms with Crippen molar-refractivity contribution in [3.8, 4) is 5.75 Å². The van der Waals surface area contributed by atoms with Gasteiger partial charge < -0.3 is 15.4 Å². The summed E-state index contributed by atoms with van der Waals surface area (Å²) in [5.74, 6) is 1.02. The van der Waals surface area contributed by atoms with Crippen molar-refractivity contribution in [3.63, 3.8) is 0 Å². The van der Waals surface area contributed by atoms with Gasteiger partial charge in [-0.3, -0.25) is 4.79 Å². The molecule has 0 saturated carbocycles. The number of ether oxygens (including phenoxy) is 1. The van der Waals surface area contributed by atoms with Gasteiger partial charge in [-0.2, -0.15) is 0 Å². The lowest BCUT2D eigenvalue weighted by atomic mass is 10.1. The van der Waals surface area contributed by atoms with Gasteiger partial charge in [0.25, 0.3) is 0 Å². The van der Waals surface area contributed by atoms with Crippen LogP contribution in [0.3, 0.4) is 0 Å². The van der Waals surface area contributed by atoms with E-state index in [-0.39, 0.29) is 11.9 Å². The number of carbonyl (C=O) groups excluding carboxylic acids is 1. The summed E-state index contributed by atoms with van der Waals surface area (Å²) in [5.41, 5.74) is 1.31. The third kappa shape index (κ3) is 7.46. The molecule has 0 aliphatic heterocycles. The van der Waals surface area contributed by atoms with Gasteiger partial charge in [0.05, 0.1) is 7.11 Å². The fourth-order valence-electron chi connectivity index (χ4n) is 2.16. The highest BCUT2D eigenvalue weighted by atomic mass is 16.5. The molecule has 0 radical (unpaired) electrons. The number of nitrogens with one attached hydrogen (secondary N) is 2. The Morgan fingerprint density at radius 2 is 1.86 bits per heavy atom. The molecule has 2 atom stereocenters. The van der Waals surface area contributed by atoms with Crippen LogP contribution in [0.15, 0.2) is 24.3 Å². The van der Waals surface area contributed by atoms with Crippen LogP contribution in [0, 0.1) is 0 Å². The Morgan fingerprint density at radius 3 is 2.45 bits per heavy atom. The number of amides is 1. The molecule has 124 valence electrons. The van der Waals surface area contributed by atoms with E-state index in [0.29, 0.717) is 12.5 Å². The van der Waals surface area contributed by atoms with Crippen LogP contribution >= 0.6 is 0 Å². The maximum Gasteiger partial charge on any atom is 0.221 e. The molecule has 1 rings (SSSR count). The first-order chi connectivity index (χ1) is 10.5. The molecule has 0 spiro atoms. The SMILES string of the molecule is CCC(C)NC(=O)CCNC(C)CCc1ccc(OC)cc1. The fraction of sp³-hybridized carbons (Fsp3) is 0.611. The maximum atomic E-state index is 11.7. The van der Waals surface area contributed by atoms with Crippen LogP contribution in [-0.2, 0) is 11.2 Å². The molecule has 0 aliphatic rings. The van der Waals surface area contributed by atoms with Crippen LogP contribution in [-0.4, -0.2) is 31.6 Å². The van der Waals surface area contributed by atoms with E-state index < -0.39 is 0 Å². The van der Waals surface area contributed by atoms with Crippen molar-refractivity contribution < 1.29 is 9.53 Å². The van der Waals surface area contributed by atoms with E-state index in [0.717, 1.165) is 31.6 Å². The molecule has 0 saturated heterocycles. The van der Waals surface area contributed by atoms with E-state index in [2.05, 4.69) is 36.6 Å². The van der Waals surface area contributed by atoms with E-state index in [4.69, 9.17) is 4.74 Å². The molecule has 0 aliphatic carbocycles. The van der Waals surface area contributed by atoms with Crippen molar-refractivity contribution >= 4 is 5.91 Å². The molecular formula is C18H30N2O2. The third-order valence-electron chi connectivity index (χ3n) is 3.89. The first-order valence-electron chi connectivity index (χ1n) is 8.20. The molecule has 4 heteroatoms. The largest absolute Gasteiger partial charge is 0.497 e. The minimum Gasteiger partial charge on any atom is -0.497 e. The minimum atomic E-state index is 0.129. The highest BCUT2D eigenvalue weighted by Gasteiger charge is 2.07. The Bertz CT molecular complexity index is 431. The van der Waals surface area contributed by atoms with Gasteiger partial charge in [-0.25, -0.2) is 0 Å². The number of hydrogen-bond donors (Lipinski definition) is 2. The van der Waals surface area contributed by atoms with E-state index in [9.17, 15) is 4.79 Å². The minimum absolute atomic E-state index is 0.129. The summed E-state index contributed by atoms with van der Waals surface area (Å²) in [6, 6.07) is 8.86. The second kappa shape index (κ2) is 10.2. The molecule has 0 fully saturated rings. The summed E-state index contributed by atoms with van der Waals surface area (Å²) < 4.78 is 5.16. The van der Waals surface area contributed by atoms with Crippen LogP contribution < -0.4 is 15.4 Å². The quantitative estimate of drug-likeness (QED) is 0.699. The first-order valence-corrected chi connectivity index (χ1v) is 8.20. The van der Waals surface area contributed by atoms with Crippen LogP contribution in [0.1, 0.15) is 45.6 Å². The maximum absolute atomic E-state index is 11.7.